The van der Waals surface area contributed by atoms with Crippen molar-refractivity contribution in [3.8, 4) is 0 Å². The molecule has 0 aromatic rings. The predicted octanol–water partition coefficient (Wildman–Crippen LogP) is 5.26. The number of carbonyl (C=O) groups is 1. The molecule has 158 valence electrons. The quantitative estimate of drug-likeness (QED) is 0.265. The molecule has 0 fully saturated rings. The van der Waals surface area contributed by atoms with Gasteiger partial charge in [-0.3, -0.25) is 4.79 Å². The lowest BCUT2D eigenvalue weighted by molar-refractivity contribution is -0.159. The highest BCUT2D eigenvalue weighted by atomic mass is 31.1. The Morgan fingerprint density at radius 3 is 1.93 bits per heavy atom. The van der Waals surface area contributed by atoms with Crippen molar-refractivity contribution in [2.45, 2.75) is 98.3 Å². The van der Waals surface area contributed by atoms with E-state index in [1.165, 1.54) is 0 Å². The highest BCUT2D eigenvalue weighted by Gasteiger charge is 2.49. The summed E-state index contributed by atoms with van der Waals surface area (Å²) >= 11 is 0. The lowest BCUT2D eigenvalue weighted by Gasteiger charge is -2.30. The van der Waals surface area contributed by atoms with Crippen LogP contribution in [-0.4, -0.2) is 29.8 Å². The normalized spacial score (nSPS) is 16.0. The molecule has 5 nitrogen and oxygen atoms in total. The van der Waals surface area contributed by atoms with E-state index in [4.69, 9.17) is 14.4 Å². The van der Waals surface area contributed by atoms with Crippen LogP contribution < -0.4 is 4.89 Å². The van der Waals surface area contributed by atoms with Gasteiger partial charge >= 0.3 is 11.4 Å². The van der Waals surface area contributed by atoms with Crippen molar-refractivity contribution in [2.75, 3.05) is 13.2 Å². The number of rotatable bonds is 17. The first-order valence-electron chi connectivity index (χ1n) is 10.7. The van der Waals surface area contributed by atoms with E-state index in [0.717, 1.165) is 82.9 Å². The van der Waals surface area contributed by atoms with Crippen molar-refractivity contribution in [3.05, 3.63) is 0 Å². The van der Waals surface area contributed by atoms with Gasteiger partial charge in [0.15, 0.2) is 0 Å². The van der Waals surface area contributed by atoms with Crippen LogP contribution in [0.25, 0.3) is 0 Å². The van der Waals surface area contributed by atoms with E-state index in [0.29, 0.717) is 0 Å². The average molecular weight is 403 g/mol. The van der Waals surface area contributed by atoms with Gasteiger partial charge in [0.05, 0.1) is 11.8 Å². The van der Waals surface area contributed by atoms with E-state index in [1.54, 1.807) is 0 Å². The third-order valence-electron chi connectivity index (χ3n) is 6.58. The van der Waals surface area contributed by atoms with E-state index in [9.17, 15) is 9.69 Å². The number of carboxylic acid groups (broad SMARTS) is 1. The van der Waals surface area contributed by atoms with E-state index in [1.807, 2.05) is 0 Å². The zero-order chi connectivity index (χ0) is 20.3. The molecule has 0 radical (unpaired) electrons. The number of unbranched alkanes of at least 4 members (excludes halogenated alkanes) is 2. The van der Waals surface area contributed by atoms with Crippen molar-refractivity contribution in [1.29, 1.82) is 0 Å². The van der Waals surface area contributed by atoms with Gasteiger partial charge in [-0.15, -0.1) is 0 Å². The third kappa shape index (κ3) is 7.81. The summed E-state index contributed by atoms with van der Waals surface area (Å²) in [5, 5.41) is 9.13. The van der Waals surface area contributed by atoms with Gasteiger partial charge in [0.1, 0.15) is 0 Å². The van der Waals surface area contributed by atoms with Crippen LogP contribution in [0.3, 0.4) is 0 Å². The first-order valence-corrected chi connectivity index (χ1v) is 11.9. The molecule has 1 aliphatic heterocycles. The second-order valence-corrected chi connectivity index (χ2v) is 9.05. The molecule has 1 atom stereocenters. The van der Waals surface area contributed by atoms with Crippen LogP contribution >= 0.6 is 8.00 Å². The van der Waals surface area contributed by atoms with Crippen LogP contribution in [0.1, 0.15) is 98.3 Å². The van der Waals surface area contributed by atoms with E-state index in [2.05, 4.69) is 27.7 Å². The lowest BCUT2D eigenvalue weighted by atomic mass is 9.75. The zero-order valence-corrected chi connectivity index (χ0v) is 18.6. The molecule has 0 aliphatic carbocycles. The van der Waals surface area contributed by atoms with Gasteiger partial charge in [-0.1, -0.05) is 45.1 Å². The first kappa shape index (κ1) is 24.6. The van der Waals surface area contributed by atoms with E-state index < -0.39 is 14.0 Å². The van der Waals surface area contributed by atoms with Gasteiger partial charge in [-0.25, -0.2) is 0 Å². The van der Waals surface area contributed by atoms with Crippen molar-refractivity contribution >= 4 is 19.4 Å². The van der Waals surface area contributed by atoms with Gasteiger partial charge in [-0.2, -0.15) is 0 Å². The third-order valence-corrected chi connectivity index (χ3v) is 7.66. The number of aliphatic carboxylic acids is 1. The molecule has 0 saturated heterocycles. The molecule has 1 N–H and O–H groups in total. The number of hydrogen-bond donors (Lipinski definition) is 1. The first-order chi connectivity index (χ1) is 12.9. The molecular weight excluding hydrogens is 363 g/mol. The smallest absolute Gasteiger partial charge is 0.308 e. The Bertz CT molecular complexity index is 481. The molecule has 1 heterocycles. The molecule has 0 saturated carbocycles. The molecular formula is C21H39O5P. The highest BCUT2D eigenvalue weighted by Crippen LogP contribution is 2.50. The van der Waals surface area contributed by atoms with Gasteiger partial charge in [-0.05, 0) is 56.8 Å². The Kier molecular flexibility index (Phi) is 11.1. The summed E-state index contributed by atoms with van der Waals surface area (Å²) < 4.78 is 11.0. The Morgan fingerprint density at radius 2 is 1.52 bits per heavy atom. The Morgan fingerprint density at radius 1 is 1.00 bits per heavy atom. The second kappa shape index (κ2) is 12.2. The minimum Gasteiger partial charge on any atom is -0.600 e. The lowest BCUT2D eigenvalue weighted by Crippen LogP contribution is -2.24. The highest BCUT2D eigenvalue weighted by molar-refractivity contribution is 7.55. The molecule has 27 heavy (non-hydrogen) atoms. The van der Waals surface area contributed by atoms with Crippen LogP contribution in [0.2, 0.25) is 0 Å². The largest absolute Gasteiger partial charge is 0.600 e. The topological polar surface area (TPSA) is 82.1 Å². The monoisotopic (exact) mass is 402 g/mol. The maximum absolute atomic E-state index is 11.5. The molecule has 1 unspecified atom stereocenters. The molecule has 0 bridgehead atoms. The zero-order valence-electron chi connectivity index (χ0n) is 17.7. The summed E-state index contributed by atoms with van der Waals surface area (Å²) in [7, 11) is -1.49. The summed E-state index contributed by atoms with van der Waals surface area (Å²) in [5.41, 5.74) is 0.778. The minimum absolute atomic E-state index is 0.00122. The van der Waals surface area contributed by atoms with Crippen LogP contribution in [-0.2, 0) is 14.1 Å². The van der Waals surface area contributed by atoms with Crippen LogP contribution in [0, 0.1) is 10.8 Å². The van der Waals surface area contributed by atoms with Gasteiger partial charge in [0, 0.05) is 13.2 Å². The number of carboxylic acids is 1. The Balaban J connectivity index is 2.14. The molecule has 0 spiro atoms. The summed E-state index contributed by atoms with van der Waals surface area (Å²) in [6, 6.07) is 0. The van der Waals surface area contributed by atoms with Crippen LogP contribution in [0.5, 0.6) is 0 Å². The summed E-state index contributed by atoms with van der Waals surface area (Å²) in [4.78, 5) is 22.6. The molecule has 0 aromatic carbocycles. The van der Waals surface area contributed by atoms with Gasteiger partial charge < -0.3 is 14.7 Å². The second-order valence-electron chi connectivity index (χ2n) is 7.95. The van der Waals surface area contributed by atoms with Gasteiger partial charge in [0.2, 0.25) is 0 Å². The summed E-state index contributed by atoms with van der Waals surface area (Å²) in [5.74, 6) is -0.690. The predicted molar refractivity (Wildman–Crippen MR) is 110 cm³/mol. The van der Waals surface area contributed by atoms with Crippen LogP contribution in [0.4, 0.5) is 0 Å². The Hall–Kier alpha value is -0.480. The molecule has 6 heteroatoms. The average Bonchev–Trinajstić information content (AvgIpc) is 3.39. The van der Waals surface area contributed by atoms with Crippen molar-refractivity contribution < 1.29 is 24.1 Å². The number of ether oxygens (including phenoxy) is 1. The maximum atomic E-state index is 11.5. The minimum atomic E-state index is -1.49. The summed E-state index contributed by atoms with van der Waals surface area (Å²) in [6.45, 7) is 9.99. The summed E-state index contributed by atoms with van der Waals surface area (Å²) in [6.07, 6.45) is 10.1. The molecule has 1 aliphatic rings. The molecule has 0 aromatic heterocycles. The standard InChI is InChI=1S/C21H39O5P/c1-5-20(6-2,17-18(22)23)13-9-11-15-25-16-12-10-14-21(7-3,8-4)19-26-27(19)24/h5-17H2,1-4H3,(H,22,23). The molecule has 0 amide bonds. The van der Waals surface area contributed by atoms with Crippen molar-refractivity contribution in [2.24, 2.45) is 10.8 Å². The van der Waals surface area contributed by atoms with Crippen molar-refractivity contribution in [1.82, 2.24) is 0 Å². The van der Waals surface area contributed by atoms with E-state index in [-0.39, 0.29) is 17.3 Å². The van der Waals surface area contributed by atoms with Crippen molar-refractivity contribution in [3.63, 3.8) is 0 Å². The fourth-order valence-electron chi connectivity index (χ4n) is 4.10. The number of hydrogen-bond acceptors (Lipinski definition) is 4. The fraction of sp³-hybridized carbons (Fsp3) is 0.905. The Labute approximate surface area is 166 Å². The van der Waals surface area contributed by atoms with Crippen LogP contribution in [0.15, 0.2) is 0 Å². The maximum Gasteiger partial charge on any atom is 0.308 e. The SMILES string of the molecule is CCC(CC)(CCCCOCCCCC(CC)(CC)C1=[P+]([O-])O1)CC(=O)O. The van der Waals surface area contributed by atoms with Gasteiger partial charge in [0.25, 0.3) is 8.00 Å². The van der Waals surface area contributed by atoms with E-state index >= 15 is 0 Å². The molecule has 1 rings (SSSR count). The fourth-order valence-corrected chi connectivity index (χ4v) is 5.32.